The molecule has 1 aliphatic rings. The van der Waals surface area contributed by atoms with E-state index in [-0.39, 0.29) is 24.2 Å². The van der Waals surface area contributed by atoms with Crippen molar-refractivity contribution in [2.45, 2.75) is 71.5 Å². The Labute approximate surface area is 207 Å². The summed E-state index contributed by atoms with van der Waals surface area (Å²) in [4.78, 5) is 15.5. The fourth-order valence-electron chi connectivity index (χ4n) is 4.51. The van der Waals surface area contributed by atoms with Gasteiger partial charge in [0.1, 0.15) is 0 Å². The van der Waals surface area contributed by atoms with Gasteiger partial charge in [-0.05, 0) is 56.0 Å². The summed E-state index contributed by atoms with van der Waals surface area (Å²) in [5, 5.41) is 0. The van der Waals surface area contributed by atoms with E-state index in [1.165, 1.54) is 16.3 Å². The molecule has 0 saturated heterocycles. The first-order valence-electron chi connectivity index (χ1n) is 12.0. The molecule has 8 heteroatoms. The molecule has 182 valence electrons. The van der Waals surface area contributed by atoms with Crippen molar-refractivity contribution in [1.29, 1.82) is 0 Å². The number of carbonyl (C=O) groups is 1. The van der Waals surface area contributed by atoms with Gasteiger partial charge >= 0.3 is 0 Å². The van der Waals surface area contributed by atoms with Crippen molar-refractivity contribution in [3.05, 3.63) is 58.3 Å². The highest BCUT2D eigenvalue weighted by atomic mass is 79.9. The average Bonchev–Trinajstić information content (AvgIpc) is 3.25. The molecule has 2 aromatic rings. The number of halogens is 1. The van der Waals surface area contributed by atoms with Crippen molar-refractivity contribution < 1.29 is 13.2 Å². The maximum Gasteiger partial charge on any atom is 0.238 e. The molecule has 1 amide bonds. The zero-order chi connectivity index (χ0) is 23.8. The summed E-state index contributed by atoms with van der Waals surface area (Å²) in [5.41, 5.74) is 2.26. The van der Waals surface area contributed by atoms with Gasteiger partial charge in [0.25, 0.3) is 0 Å². The molecule has 6 nitrogen and oxygen atoms in total. The van der Waals surface area contributed by atoms with Gasteiger partial charge in [-0.2, -0.15) is 4.31 Å². The lowest BCUT2D eigenvalue weighted by atomic mass is 9.94. The van der Waals surface area contributed by atoms with Crippen LogP contribution in [0.5, 0.6) is 0 Å². The Morgan fingerprint density at radius 2 is 1.79 bits per heavy atom. The zero-order valence-corrected chi connectivity index (χ0v) is 22.2. The number of nitrogens with zero attached hydrogens (tertiary/aromatic N) is 3. The van der Waals surface area contributed by atoms with Gasteiger partial charge in [-0.3, -0.25) is 4.79 Å². The van der Waals surface area contributed by atoms with E-state index in [1.54, 1.807) is 6.92 Å². The molecule has 1 saturated carbocycles. The molecule has 1 fully saturated rings. The van der Waals surface area contributed by atoms with Crippen molar-refractivity contribution >= 4 is 31.9 Å². The van der Waals surface area contributed by atoms with E-state index in [0.29, 0.717) is 19.5 Å². The van der Waals surface area contributed by atoms with Crippen LogP contribution in [0.3, 0.4) is 0 Å². The van der Waals surface area contributed by atoms with Crippen molar-refractivity contribution in [3.8, 4) is 0 Å². The molecule has 0 unspecified atom stereocenters. The minimum Gasteiger partial charge on any atom is -0.345 e. The Morgan fingerprint density at radius 3 is 2.42 bits per heavy atom. The second-order valence-electron chi connectivity index (χ2n) is 8.80. The standard InChI is InChI=1S/C25H36BrN3O3S/c1-3-16-28(33(31,32)4-2)20-25(30)29(23-9-6-5-7-10-23)19-24-11-8-17-27(24)18-21-12-14-22(26)15-13-21/h8,11-15,17,23H,3-7,9-10,16,18-20H2,1-2H3. The molecule has 0 N–H and O–H groups in total. The average molecular weight is 539 g/mol. The summed E-state index contributed by atoms with van der Waals surface area (Å²) in [6, 6.07) is 12.5. The molecular weight excluding hydrogens is 502 g/mol. The smallest absolute Gasteiger partial charge is 0.238 e. The molecule has 1 heterocycles. The van der Waals surface area contributed by atoms with Crippen LogP contribution < -0.4 is 0 Å². The second-order valence-corrected chi connectivity index (χ2v) is 12.0. The first-order chi connectivity index (χ1) is 15.8. The van der Waals surface area contributed by atoms with Gasteiger partial charge in [0.05, 0.1) is 18.8 Å². The highest BCUT2D eigenvalue weighted by Gasteiger charge is 2.30. The van der Waals surface area contributed by atoms with E-state index in [2.05, 4.69) is 38.7 Å². The molecule has 1 aromatic carbocycles. The number of rotatable bonds is 11. The van der Waals surface area contributed by atoms with Crippen molar-refractivity contribution in [1.82, 2.24) is 13.8 Å². The lowest BCUT2D eigenvalue weighted by Gasteiger charge is -2.36. The van der Waals surface area contributed by atoms with Gasteiger partial charge < -0.3 is 9.47 Å². The van der Waals surface area contributed by atoms with Crippen LogP contribution in [-0.2, 0) is 27.9 Å². The van der Waals surface area contributed by atoms with Gasteiger partial charge in [0.15, 0.2) is 0 Å². The number of hydrogen-bond donors (Lipinski definition) is 0. The van der Waals surface area contributed by atoms with E-state index in [4.69, 9.17) is 0 Å². The van der Waals surface area contributed by atoms with Crippen LogP contribution in [0.15, 0.2) is 47.1 Å². The van der Waals surface area contributed by atoms with E-state index in [1.807, 2.05) is 36.2 Å². The fraction of sp³-hybridized carbons (Fsp3) is 0.560. The monoisotopic (exact) mass is 537 g/mol. The maximum atomic E-state index is 13.5. The Balaban J connectivity index is 1.81. The van der Waals surface area contributed by atoms with Gasteiger partial charge in [-0.1, -0.05) is 54.2 Å². The fourth-order valence-corrected chi connectivity index (χ4v) is 5.91. The lowest BCUT2D eigenvalue weighted by Crippen LogP contribution is -2.48. The molecular formula is C25H36BrN3O3S. The van der Waals surface area contributed by atoms with E-state index in [9.17, 15) is 13.2 Å². The predicted molar refractivity (Wildman–Crippen MR) is 136 cm³/mol. The highest BCUT2D eigenvalue weighted by molar-refractivity contribution is 9.10. The molecule has 1 aromatic heterocycles. The minimum atomic E-state index is -3.42. The molecule has 0 atom stereocenters. The molecule has 3 rings (SSSR count). The Kier molecular flexibility index (Phi) is 9.58. The van der Waals surface area contributed by atoms with Crippen LogP contribution in [0.1, 0.15) is 63.6 Å². The van der Waals surface area contributed by atoms with Gasteiger partial charge in [0, 0.05) is 35.5 Å². The molecule has 33 heavy (non-hydrogen) atoms. The first-order valence-corrected chi connectivity index (χ1v) is 14.4. The quantitative estimate of drug-likeness (QED) is 0.404. The van der Waals surface area contributed by atoms with E-state index >= 15 is 0 Å². The molecule has 0 aliphatic heterocycles. The SMILES string of the molecule is CCCN(CC(=O)N(Cc1cccn1Cc1ccc(Br)cc1)C1CCCCC1)S(=O)(=O)CC. The van der Waals surface area contributed by atoms with E-state index in [0.717, 1.165) is 42.4 Å². The van der Waals surface area contributed by atoms with E-state index < -0.39 is 10.0 Å². The Bertz CT molecular complexity index is 998. The maximum absolute atomic E-state index is 13.5. The number of sulfonamides is 1. The summed E-state index contributed by atoms with van der Waals surface area (Å²) >= 11 is 3.48. The van der Waals surface area contributed by atoms with Crippen LogP contribution in [-0.4, -0.2) is 53.0 Å². The summed E-state index contributed by atoms with van der Waals surface area (Å²) in [5.74, 6) is -0.0801. The summed E-state index contributed by atoms with van der Waals surface area (Å²) < 4.78 is 29.7. The third-order valence-electron chi connectivity index (χ3n) is 6.40. The Morgan fingerprint density at radius 1 is 1.09 bits per heavy atom. The van der Waals surface area contributed by atoms with Crippen molar-refractivity contribution in [2.75, 3.05) is 18.8 Å². The van der Waals surface area contributed by atoms with Crippen LogP contribution in [0.25, 0.3) is 0 Å². The molecule has 0 spiro atoms. The second kappa shape index (κ2) is 12.2. The number of carbonyl (C=O) groups excluding carboxylic acids is 1. The summed E-state index contributed by atoms with van der Waals surface area (Å²) in [6.07, 6.45) is 8.12. The largest absolute Gasteiger partial charge is 0.345 e. The predicted octanol–water partition coefficient (Wildman–Crippen LogP) is 5.02. The summed E-state index contributed by atoms with van der Waals surface area (Å²) in [7, 11) is -3.42. The molecule has 0 radical (unpaired) electrons. The number of amides is 1. The number of aromatic nitrogens is 1. The molecule has 1 aliphatic carbocycles. The van der Waals surface area contributed by atoms with Gasteiger partial charge in [0.2, 0.25) is 15.9 Å². The Hall–Kier alpha value is -1.64. The van der Waals surface area contributed by atoms with Crippen molar-refractivity contribution in [3.63, 3.8) is 0 Å². The third-order valence-corrected chi connectivity index (χ3v) is 8.76. The number of hydrogen-bond acceptors (Lipinski definition) is 3. The van der Waals surface area contributed by atoms with Crippen LogP contribution in [0.4, 0.5) is 0 Å². The van der Waals surface area contributed by atoms with Gasteiger partial charge in [-0.25, -0.2) is 8.42 Å². The summed E-state index contributed by atoms with van der Waals surface area (Å²) in [6.45, 7) is 5.11. The number of benzene rings is 1. The first kappa shape index (κ1) is 26.0. The van der Waals surface area contributed by atoms with Crippen LogP contribution >= 0.6 is 15.9 Å². The zero-order valence-electron chi connectivity index (χ0n) is 19.7. The lowest BCUT2D eigenvalue weighted by molar-refractivity contribution is -0.135. The molecule has 0 bridgehead atoms. The van der Waals surface area contributed by atoms with Gasteiger partial charge in [-0.15, -0.1) is 0 Å². The highest BCUT2D eigenvalue weighted by Crippen LogP contribution is 2.25. The van der Waals surface area contributed by atoms with Crippen LogP contribution in [0, 0.1) is 0 Å². The third kappa shape index (κ3) is 7.17. The van der Waals surface area contributed by atoms with Crippen LogP contribution in [0.2, 0.25) is 0 Å². The minimum absolute atomic E-state index is 0.0136. The normalized spacial score (nSPS) is 15.2. The van der Waals surface area contributed by atoms with Crippen molar-refractivity contribution in [2.24, 2.45) is 0 Å². The topological polar surface area (TPSA) is 62.6 Å².